The molecule has 4 aromatic rings. The van der Waals surface area contributed by atoms with Crippen molar-refractivity contribution in [2.75, 3.05) is 0 Å². The van der Waals surface area contributed by atoms with Crippen molar-refractivity contribution in [3.63, 3.8) is 0 Å². The van der Waals surface area contributed by atoms with Crippen molar-refractivity contribution < 1.29 is 14.5 Å². The van der Waals surface area contributed by atoms with Gasteiger partial charge in [0.2, 0.25) is 5.69 Å². The molecule has 3 heteroatoms. The number of hydrogen-bond acceptors (Lipinski definition) is 1. The third-order valence-electron chi connectivity index (χ3n) is 5.48. The van der Waals surface area contributed by atoms with Crippen LogP contribution in [0.5, 0.6) is 0 Å². The summed E-state index contributed by atoms with van der Waals surface area (Å²) in [5.74, 6) is 0. The quantitative estimate of drug-likeness (QED) is 0.258. The van der Waals surface area contributed by atoms with Gasteiger partial charge in [-0.15, -0.1) is 0 Å². The van der Waals surface area contributed by atoms with Crippen molar-refractivity contribution in [1.82, 2.24) is 0 Å². The average molecular weight is 402 g/mol. The van der Waals surface area contributed by atoms with E-state index in [4.69, 9.17) is 16.5 Å². The van der Waals surface area contributed by atoms with Gasteiger partial charge in [0, 0.05) is 32.5 Å². The van der Waals surface area contributed by atoms with Crippen LogP contribution in [-0.4, -0.2) is 0 Å². The molecule has 0 unspecified atom stereocenters. The van der Waals surface area contributed by atoms with E-state index in [1.807, 2.05) is 32.0 Å². The van der Waals surface area contributed by atoms with E-state index in [9.17, 15) is 0 Å². The molecule has 2 aromatic carbocycles. The summed E-state index contributed by atoms with van der Waals surface area (Å²) in [6, 6.07) is 7.69. The fourth-order valence-electron chi connectivity index (χ4n) is 3.88. The molecular formula is C27H29N2O+. The predicted octanol–water partition coefficient (Wildman–Crippen LogP) is 7.14. The smallest absolute Gasteiger partial charge is 0.216 e. The molecule has 0 radical (unpaired) electrons. The SMILES string of the molecule is [2H]c1c(C([2H])([2H])C(C)(C)C)c([2H])c(-c2c(C)ccc3c2oc2c(C)c([N+]#[C-])ccc23)[n+](C)c1C. The van der Waals surface area contributed by atoms with Gasteiger partial charge >= 0.3 is 0 Å². The molecular weight excluding hydrogens is 368 g/mol. The third kappa shape index (κ3) is 3.27. The van der Waals surface area contributed by atoms with Gasteiger partial charge < -0.3 is 4.42 Å². The number of hydrogen-bond donors (Lipinski definition) is 0. The predicted molar refractivity (Wildman–Crippen MR) is 124 cm³/mol. The minimum Gasteiger partial charge on any atom is -0.456 e. The van der Waals surface area contributed by atoms with Crippen LogP contribution in [0.4, 0.5) is 5.69 Å². The van der Waals surface area contributed by atoms with Crippen molar-refractivity contribution in [2.24, 2.45) is 12.5 Å². The summed E-state index contributed by atoms with van der Waals surface area (Å²) in [5, 5.41) is 1.78. The minimum absolute atomic E-state index is 0.00681. The van der Waals surface area contributed by atoms with E-state index < -0.39 is 11.8 Å². The lowest BCUT2D eigenvalue weighted by Crippen LogP contribution is -2.35. The van der Waals surface area contributed by atoms with Gasteiger partial charge in [0.25, 0.3) is 0 Å². The number of benzene rings is 2. The van der Waals surface area contributed by atoms with Crippen LogP contribution in [0.25, 0.3) is 38.0 Å². The molecule has 0 atom stereocenters. The second-order valence-corrected chi connectivity index (χ2v) is 8.93. The highest BCUT2D eigenvalue weighted by Crippen LogP contribution is 2.40. The van der Waals surface area contributed by atoms with Crippen LogP contribution in [0.15, 0.2) is 40.8 Å². The first-order valence-electron chi connectivity index (χ1n) is 12.1. The van der Waals surface area contributed by atoms with Crippen LogP contribution < -0.4 is 4.57 Å². The molecule has 0 saturated carbocycles. The Morgan fingerprint density at radius 2 is 1.73 bits per heavy atom. The molecule has 2 heterocycles. The number of rotatable bonds is 2. The van der Waals surface area contributed by atoms with E-state index in [1.165, 1.54) is 0 Å². The van der Waals surface area contributed by atoms with Crippen molar-refractivity contribution in [3.8, 4) is 11.3 Å². The topological polar surface area (TPSA) is 21.4 Å². The van der Waals surface area contributed by atoms with Crippen LogP contribution in [-0.2, 0) is 13.4 Å². The number of aromatic nitrogens is 1. The molecule has 4 rings (SSSR count). The van der Waals surface area contributed by atoms with Gasteiger partial charge in [0.1, 0.15) is 18.2 Å². The maximum atomic E-state index is 9.15. The van der Waals surface area contributed by atoms with Crippen molar-refractivity contribution in [3.05, 3.63) is 70.2 Å². The Kier molecular flexibility index (Phi) is 3.65. The monoisotopic (exact) mass is 401 g/mol. The van der Waals surface area contributed by atoms with Gasteiger partial charge in [-0.2, -0.15) is 4.57 Å². The van der Waals surface area contributed by atoms with Crippen molar-refractivity contribution in [1.29, 1.82) is 0 Å². The molecule has 0 amide bonds. The number of nitrogens with zero attached hydrogens (tertiary/aromatic N) is 2. The molecule has 0 saturated heterocycles. The van der Waals surface area contributed by atoms with Gasteiger partial charge in [0.05, 0.1) is 14.9 Å². The Morgan fingerprint density at radius 3 is 2.40 bits per heavy atom. The molecule has 0 fully saturated rings. The van der Waals surface area contributed by atoms with Crippen LogP contribution >= 0.6 is 0 Å². The van der Waals surface area contributed by atoms with Crippen LogP contribution in [0.1, 0.15) is 48.6 Å². The van der Waals surface area contributed by atoms with E-state index in [1.54, 1.807) is 45.4 Å². The summed E-state index contributed by atoms with van der Waals surface area (Å²) in [4.78, 5) is 3.59. The van der Waals surface area contributed by atoms with E-state index in [0.29, 0.717) is 33.8 Å². The Bertz CT molecular complexity index is 1540. The van der Waals surface area contributed by atoms with Crippen LogP contribution in [0.3, 0.4) is 0 Å². The first kappa shape index (κ1) is 15.7. The van der Waals surface area contributed by atoms with Crippen molar-refractivity contribution in [2.45, 2.75) is 47.9 Å². The highest BCUT2D eigenvalue weighted by Gasteiger charge is 2.24. The molecule has 0 bridgehead atoms. The minimum atomic E-state index is -1.90. The molecule has 30 heavy (non-hydrogen) atoms. The number of fused-ring (bicyclic) bond motifs is 3. The maximum Gasteiger partial charge on any atom is 0.216 e. The number of aryl methyl sites for hydroxylation is 2. The second-order valence-electron chi connectivity index (χ2n) is 8.93. The van der Waals surface area contributed by atoms with Crippen LogP contribution in [0.2, 0.25) is 0 Å². The zero-order valence-electron chi connectivity index (χ0n) is 22.6. The maximum absolute atomic E-state index is 9.15. The normalized spacial score (nSPS) is 14.3. The van der Waals surface area contributed by atoms with E-state index >= 15 is 0 Å². The summed E-state index contributed by atoms with van der Waals surface area (Å²) in [5.41, 5.74) is 4.51. The summed E-state index contributed by atoms with van der Waals surface area (Å²) in [7, 11) is 1.81. The van der Waals surface area contributed by atoms with E-state index in [0.717, 1.165) is 21.9 Å². The van der Waals surface area contributed by atoms with Gasteiger partial charge in [0.15, 0.2) is 11.4 Å². The fraction of sp³-hybridized carbons (Fsp3) is 0.333. The lowest BCUT2D eigenvalue weighted by Gasteiger charge is -2.18. The molecule has 3 nitrogen and oxygen atoms in total. The largest absolute Gasteiger partial charge is 0.456 e. The molecule has 0 N–H and O–H groups in total. The first-order chi connectivity index (χ1) is 15.7. The zero-order valence-corrected chi connectivity index (χ0v) is 18.6. The standard InChI is InChI=1S/C27H29N2O/c1-16-9-10-21-20-11-12-22(28-7)18(3)25(20)30-26(21)24(16)23-14-19(15-27(4,5)6)13-17(2)29(23)8/h9-14H,15H2,1-6,8H3/q+1/i13D,14D,15D2. The Labute approximate surface area is 184 Å². The Morgan fingerprint density at radius 1 is 1.07 bits per heavy atom. The molecule has 0 aliphatic carbocycles. The van der Waals surface area contributed by atoms with Gasteiger partial charge in [-0.25, -0.2) is 4.85 Å². The molecule has 2 aromatic heterocycles. The highest BCUT2D eigenvalue weighted by atomic mass is 16.3. The van der Waals surface area contributed by atoms with Crippen LogP contribution in [0, 0.1) is 32.8 Å². The van der Waals surface area contributed by atoms with E-state index in [2.05, 4.69) is 4.85 Å². The van der Waals surface area contributed by atoms with E-state index in [-0.39, 0.29) is 17.6 Å². The van der Waals surface area contributed by atoms with Gasteiger partial charge in [-0.3, -0.25) is 0 Å². The summed E-state index contributed by atoms with van der Waals surface area (Å²) >= 11 is 0. The van der Waals surface area contributed by atoms with Gasteiger partial charge in [-0.1, -0.05) is 45.0 Å². The average Bonchev–Trinajstić information content (AvgIpc) is 3.12. The lowest BCUT2D eigenvalue weighted by molar-refractivity contribution is -0.666. The number of pyridine rings is 1. The summed E-state index contributed by atoms with van der Waals surface area (Å²) in [6.07, 6.45) is -1.90. The molecule has 0 aliphatic heterocycles. The third-order valence-corrected chi connectivity index (χ3v) is 5.48. The Hall–Kier alpha value is -3.12. The Balaban J connectivity index is 2.20. The highest BCUT2D eigenvalue weighted by molar-refractivity contribution is 6.11. The first-order valence-corrected chi connectivity index (χ1v) is 10.1. The lowest BCUT2D eigenvalue weighted by atomic mass is 9.87. The molecule has 152 valence electrons. The summed E-state index contributed by atoms with van der Waals surface area (Å²) in [6.45, 7) is 18.4. The van der Waals surface area contributed by atoms with Crippen molar-refractivity contribution >= 4 is 27.6 Å². The summed E-state index contributed by atoms with van der Waals surface area (Å²) < 4.78 is 43.8. The number of furan rings is 1. The fourth-order valence-corrected chi connectivity index (χ4v) is 3.88. The zero-order chi connectivity index (χ0) is 25.3. The van der Waals surface area contributed by atoms with Gasteiger partial charge in [-0.05, 0) is 42.3 Å². The second kappa shape index (κ2) is 6.99. The molecule has 0 spiro atoms. The molecule has 0 aliphatic rings.